The number of nitrogens with zero attached hydrogens (tertiary/aromatic N) is 2. The minimum Gasteiger partial charge on any atom is -0.480 e. The molecule has 0 saturated heterocycles. The summed E-state index contributed by atoms with van der Waals surface area (Å²) in [5, 5.41) is 17.6. The highest BCUT2D eigenvalue weighted by Crippen LogP contribution is 2.07. The van der Waals surface area contributed by atoms with E-state index in [1.54, 1.807) is 4.90 Å². The van der Waals surface area contributed by atoms with Crippen LogP contribution in [0, 0.1) is 11.3 Å². The minimum absolute atomic E-state index is 0.199. The quantitative estimate of drug-likeness (QED) is 0.629. The van der Waals surface area contributed by atoms with Crippen molar-refractivity contribution in [3.63, 3.8) is 0 Å². The van der Waals surface area contributed by atoms with Gasteiger partial charge in [0.2, 0.25) is 0 Å². The third-order valence-electron chi connectivity index (χ3n) is 2.07. The Bertz CT molecular complexity index is 211. The molecule has 0 heterocycles. The number of aliphatic carboxylic acids is 1. The molecule has 1 N–H and O–H groups in total. The van der Waals surface area contributed by atoms with E-state index in [9.17, 15) is 4.79 Å². The van der Waals surface area contributed by atoms with Gasteiger partial charge in [0.05, 0.1) is 12.6 Å². The fraction of sp³-hybridized carbons (Fsp3) is 0.800. The number of hydrogen-bond donors (Lipinski definition) is 1. The van der Waals surface area contributed by atoms with Gasteiger partial charge in [-0.15, -0.1) is 0 Å². The van der Waals surface area contributed by atoms with Crippen LogP contribution in [0.25, 0.3) is 0 Å². The summed E-state index contributed by atoms with van der Waals surface area (Å²) >= 11 is 0. The van der Waals surface area contributed by atoms with Gasteiger partial charge in [-0.3, -0.25) is 9.69 Å². The molecule has 0 aliphatic carbocycles. The lowest BCUT2D eigenvalue weighted by atomic mass is 10.1. The average molecular weight is 198 g/mol. The van der Waals surface area contributed by atoms with Crippen molar-refractivity contribution < 1.29 is 9.90 Å². The summed E-state index contributed by atoms with van der Waals surface area (Å²) in [4.78, 5) is 12.7. The van der Waals surface area contributed by atoms with Crippen LogP contribution in [-0.4, -0.2) is 35.1 Å². The van der Waals surface area contributed by atoms with Crippen molar-refractivity contribution in [2.24, 2.45) is 0 Å². The second-order valence-electron chi connectivity index (χ2n) is 3.27. The third kappa shape index (κ3) is 4.24. The monoisotopic (exact) mass is 198 g/mol. The molecule has 0 radical (unpaired) electrons. The van der Waals surface area contributed by atoms with Gasteiger partial charge in [0.1, 0.15) is 6.04 Å². The van der Waals surface area contributed by atoms with Crippen molar-refractivity contribution in [3.8, 4) is 6.07 Å². The summed E-state index contributed by atoms with van der Waals surface area (Å²) in [6.07, 6.45) is 2.30. The molecule has 0 aliphatic rings. The number of hydrogen-bond acceptors (Lipinski definition) is 3. The molecule has 0 rings (SSSR count). The summed E-state index contributed by atoms with van der Waals surface area (Å²) in [7, 11) is 0. The Morgan fingerprint density at radius 1 is 1.50 bits per heavy atom. The van der Waals surface area contributed by atoms with Gasteiger partial charge < -0.3 is 5.11 Å². The smallest absolute Gasteiger partial charge is 0.320 e. The average Bonchev–Trinajstić information content (AvgIpc) is 2.13. The van der Waals surface area contributed by atoms with Gasteiger partial charge in [-0.05, 0) is 19.4 Å². The standard InChI is InChI=1S/C10H18N2O2/c1-3-5-9(10(13)14)12(7-4-2)8-6-11/h9H,3-5,7-8H2,1-2H3,(H,13,14). The highest BCUT2D eigenvalue weighted by atomic mass is 16.4. The Morgan fingerprint density at radius 3 is 2.50 bits per heavy atom. The van der Waals surface area contributed by atoms with Gasteiger partial charge in [-0.1, -0.05) is 20.3 Å². The minimum atomic E-state index is -0.824. The predicted octanol–water partition coefficient (Wildman–Crippen LogP) is 1.48. The molecule has 0 saturated carbocycles. The molecular formula is C10H18N2O2. The van der Waals surface area contributed by atoms with E-state index in [1.807, 2.05) is 19.9 Å². The Hall–Kier alpha value is -1.08. The molecule has 1 unspecified atom stereocenters. The Labute approximate surface area is 85.1 Å². The van der Waals surface area contributed by atoms with Crippen LogP contribution in [0.1, 0.15) is 33.1 Å². The summed E-state index contributed by atoms with van der Waals surface area (Å²) in [6, 6.07) is 1.51. The zero-order chi connectivity index (χ0) is 11.0. The Balaban J connectivity index is 4.38. The van der Waals surface area contributed by atoms with E-state index in [1.165, 1.54) is 0 Å². The molecule has 14 heavy (non-hydrogen) atoms. The van der Waals surface area contributed by atoms with Gasteiger partial charge in [-0.25, -0.2) is 0 Å². The van der Waals surface area contributed by atoms with Gasteiger partial charge in [0.25, 0.3) is 0 Å². The highest BCUT2D eigenvalue weighted by molar-refractivity contribution is 5.73. The van der Waals surface area contributed by atoms with E-state index in [4.69, 9.17) is 10.4 Å². The van der Waals surface area contributed by atoms with Gasteiger partial charge in [0, 0.05) is 0 Å². The number of nitriles is 1. The van der Waals surface area contributed by atoms with Crippen LogP contribution in [0.4, 0.5) is 0 Å². The van der Waals surface area contributed by atoms with E-state index in [-0.39, 0.29) is 6.54 Å². The number of carboxylic acid groups (broad SMARTS) is 1. The zero-order valence-corrected chi connectivity index (χ0v) is 8.86. The molecule has 0 aromatic rings. The highest BCUT2D eigenvalue weighted by Gasteiger charge is 2.23. The fourth-order valence-corrected chi connectivity index (χ4v) is 1.46. The summed E-state index contributed by atoms with van der Waals surface area (Å²) in [6.45, 7) is 4.80. The summed E-state index contributed by atoms with van der Waals surface area (Å²) < 4.78 is 0. The van der Waals surface area contributed by atoms with E-state index in [2.05, 4.69) is 0 Å². The third-order valence-corrected chi connectivity index (χ3v) is 2.07. The van der Waals surface area contributed by atoms with Crippen molar-refractivity contribution in [1.29, 1.82) is 5.26 Å². The molecule has 4 nitrogen and oxygen atoms in total. The second-order valence-corrected chi connectivity index (χ2v) is 3.27. The van der Waals surface area contributed by atoms with Crippen LogP contribution in [0.3, 0.4) is 0 Å². The van der Waals surface area contributed by atoms with Crippen LogP contribution in [0.15, 0.2) is 0 Å². The van der Waals surface area contributed by atoms with Crippen molar-refractivity contribution in [1.82, 2.24) is 4.90 Å². The molecule has 0 amide bonds. The zero-order valence-electron chi connectivity index (χ0n) is 8.86. The molecule has 0 bridgehead atoms. The van der Waals surface area contributed by atoms with Crippen molar-refractivity contribution in [2.45, 2.75) is 39.2 Å². The van der Waals surface area contributed by atoms with Crippen LogP contribution in [0.2, 0.25) is 0 Å². The molecular weight excluding hydrogens is 180 g/mol. The van der Waals surface area contributed by atoms with Crippen molar-refractivity contribution in [2.75, 3.05) is 13.1 Å². The number of carbonyl (C=O) groups is 1. The van der Waals surface area contributed by atoms with Gasteiger partial charge >= 0.3 is 5.97 Å². The molecule has 0 aliphatic heterocycles. The van der Waals surface area contributed by atoms with Crippen LogP contribution in [-0.2, 0) is 4.79 Å². The molecule has 1 atom stereocenters. The maximum absolute atomic E-state index is 10.9. The first-order valence-corrected chi connectivity index (χ1v) is 5.01. The molecule has 0 aromatic heterocycles. The van der Waals surface area contributed by atoms with E-state index in [0.717, 1.165) is 12.8 Å². The maximum atomic E-state index is 10.9. The Morgan fingerprint density at radius 2 is 2.14 bits per heavy atom. The van der Waals surface area contributed by atoms with Crippen LogP contribution < -0.4 is 0 Å². The fourth-order valence-electron chi connectivity index (χ4n) is 1.46. The largest absolute Gasteiger partial charge is 0.480 e. The molecule has 0 fully saturated rings. The topological polar surface area (TPSA) is 64.3 Å². The second kappa shape index (κ2) is 7.34. The van der Waals surface area contributed by atoms with Crippen molar-refractivity contribution >= 4 is 5.97 Å². The van der Waals surface area contributed by atoms with Crippen LogP contribution >= 0.6 is 0 Å². The van der Waals surface area contributed by atoms with E-state index < -0.39 is 12.0 Å². The van der Waals surface area contributed by atoms with Crippen LogP contribution in [0.5, 0.6) is 0 Å². The first-order chi connectivity index (χ1) is 6.67. The number of carboxylic acids is 1. The predicted molar refractivity (Wildman–Crippen MR) is 53.8 cm³/mol. The van der Waals surface area contributed by atoms with E-state index >= 15 is 0 Å². The number of rotatable bonds is 7. The molecule has 0 aromatic carbocycles. The van der Waals surface area contributed by atoms with Gasteiger partial charge in [0.15, 0.2) is 0 Å². The lowest BCUT2D eigenvalue weighted by Gasteiger charge is -2.25. The normalized spacial score (nSPS) is 12.4. The molecule has 80 valence electrons. The lowest BCUT2D eigenvalue weighted by molar-refractivity contribution is -0.143. The Kier molecular flexibility index (Phi) is 6.77. The first-order valence-electron chi connectivity index (χ1n) is 5.01. The molecule has 4 heteroatoms. The molecule has 0 spiro atoms. The first kappa shape index (κ1) is 12.9. The van der Waals surface area contributed by atoms with Gasteiger partial charge in [-0.2, -0.15) is 5.26 Å². The lowest BCUT2D eigenvalue weighted by Crippen LogP contribution is -2.41. The summed E-state index contributed by atoms with van der Waals surface area (Å²) in [5.41, 5.74) is 0. The summed E-state index contributed by atoms with van der Waals surface area (Å²) in [5.74, 6) is -0.824. The SMILES string of the molecule is CCCC(C(=O)O)N(CC#N)CCC. The van der Waals surface area contributed by atoms with E-state index in [0.29, 0.717) is 13.0 Å². The van der Waals surface area contributed by atoms with Crippen molar-refractivity contribution in [3.05, 3.63) is 0 Å². The maximum Gasteiger partial charge on any atom is 0.320 e.